The molecule has 0 bridgehead atoms. The zero-order valence-corrected chi connectivity index (χ0v) is 10.9. The van der Waals surface area contributed by atoms with Gasteiger partial charge in [0.15, 0.2) is 0 Å². The molecule has 0 amide bonds. The van der Waals surface area contributed by atoms with Crippen LogP contribution in [0.25, 0.3) is 0 Å². The first kappa shape index (κ1) is 12.3. The lowest BCUT2D eigenvalue weighted by atomic mass is 10.1. The van der Waals surface area contributed by atoms with Crippen molar-refractivity contribution in [3.63, 3.8) is 0 Å². The molecule has 0 aromatic carbocycles. The number of halogens is 1. The molecular weight excluding hydrogens is 307 g/mol. The van der Waals surface area contributed by atoms with Crippen molar-refractivity contribution in [2.45, 2.75) is 26.4 Å². The number of rotatable bonds is 4. The van der Waals surface area contributed by atoms with E-state index in [9.17, 15) is 4.79 Å². The summed E-state index contributed by atoms with van der Waals surface area (Å²) in [6, 6.07) is 1.81. The molecule has 0 spiro atoms. The maximum atomic E-state index is 10.9. The Kier molecular flexibility index (Phi) is 4.87. The molecule has 0 aliphatic carbocycles. The minimum absolute atomic E-state index is 0.244. The molecule has 0 radical (unpaired) electrons. The van der Waals surface area contributed by atoms with Crippen LogP contribution in [0, 0.1) is 0 Å². The fourth-order valence-corrected chi connectivity index (χ4v) is 1.43. The van der Waals surface area contributed by atoms with Gasteiger partial charge in [-0.05, 0) is 39.2 Å². The number of ether oxygens (including phenoxy) is 1. The summed E-state index contributed by atoms with van der Waals surface area (Å²) in [4.78, 5) is 10.9. The molecule has 0 fully saturated rings. The highest BCUT2D eigenvalue weighted by Crippen LogP contribution is 2.23. The van der Waals surface area contributed by atoms with Gasteiger partial charge >= 0.3 is 5.97 Å². The highest BCUT2D eigenvalue weighted by molar-refractivity contribution is 14.1. The molecule has 0 saturated heterocycles. The van der Waals surface area contributed by atoms with Gasteiger partial charge in [-0.15, -0.1) is 0 Å². The lowest BCUT2D eigenvalue weighted by molar-refractivity contribution is -0.146. The molecule has 1 rings (SSSR count). The van der Waals surface area contributed by atoms with Crippen LogP contribution >= 0.6 is 22.6 Å². The summed E-state index contributed by atoms with van der Waals surface area (Å²) in [5.74, 6) is -0.277. The van der Waals surface area contributed by atoms with Crippen molar-refractivity contribution in [1.82, 2.24) is 0 Å². The van der Waals surface area contributed by atoms with Crippen LogP contribution in [0.1, 0.15) is 31.9 Å². The van der Waals surface area contributed by atoms with E-state index in [1.54, 1.807) is 12.5 Å². The van der Waals surface area contributed by atoms with Gasteiger partial charge in [0, 0.05) is 18.9 Å². The van der Waals surface area contributed by atoms with Crippen molar-refractivity contribution in [1.29, 1.82) is 0 Å². The number of hydrogen-bond acceptors (Lipinski definition) is 3. The first-order valence-electron chi connectivity index (χ1n) is 4.61. The molecule has 1 heterocycles. The number of carbonyl (C=O) groups excluding carboxylic acids is 1. The van der Waals surface area contributed by atoms with Gasteiger partial charge in [-0.2, -0.15) is 0 Å². The Bertz CT molecular complexity index is 337. The normalized spacial score (nSPS) is 13.7. The highest BCUT2D eigenvalue weighted by Gasteiger charge is 2.14. The maximum Gasteiger partial charge on any atom is 0.303 e. The Morgan fingerprint density at radius 3 is 2.87 bits per heavy atom. The van der Waals surface area contributed by atoms with Crippen LogP contribution in [0.15, 0.2) is 32.7 Å². The monoisotopic (exact) mass is 320 g/mol. The van der Waals surface area contributed by atoms with Crippen molar-refractivity contribution in [2.75, 3.05) is 0 Å². The van der Waals surface area contributed by atoms with Gasteiger partial charge < -0.3 is 9.15 Å². The summed E-state index contributed by atoms with van der Waals surface area (Å²) >= 11 is 2.22. The van der Waals surface area contributed by atoms with Crippen molar-refractivity contribution in [2.24, 2.45) is 0 Å². The molecule has 0 unspecified atom stereocenters. The fraction of sp³-hybridized carbons (Fsp3) is 0.364. The second-order valence-electron chi connectivity index (χ2n) is 3.18. The van der Waals surface area contributed by atoms with Crippen LogP contribution in [0.5, 0.6) is 0 Å². The predicted molar refractivity (Wildman–Crippen MR) is 65.6 cm³/mol. The third kappa shape index (κ3) is 4.51. The second kappa shape index (κ2) is 5.95. The van der Waals surface area contributed by atoms with Crippen molar-refractivity contribution >= 4 is 28.6 Å². The van der Waals surface area contributed by atoms with E-state index in [0.29, 0.717) is 6.42 Å². The summed E-state index contributed by atoms with van der Waals surface area (Å²) < 4.78 is 11.3. The maximum absolute atomic E-state index is 10.9. The van der Waals surface area contributed by atoms with Gasteiger partial charge in [0.25, 0.3) is 0 Å². The van der Waals surface area contributed by atoms with Gasteiger partial charge in [0.2, 0.25) is 0 Å². The summed E-state index contributed by atoms with van der Waals surface area (Å²) in [6.45, 7) is 3.41. The molecule has 4 heteroatoms. The predicted octanol–water partition coefficient (Wildman–Crippen LogP) is 3.61. The molecule has 0 aliphatic rings. The molecule has 0 aliphatic heterocycles. The van der Waals surface area contributed by atoms with Crippen LogP contribution in [-0.2, 0) is 9.53 Å². The lowest BCUT2D eigenvalue weighted by Gasteiger charge is -2.13. The number of carbonyl (C=O) groups is 1. The largest absolute Gasteiger partial charge is 0.472 e. The summed E-state index contributed by atoms with van der Waals surface area (Å²) in [5, 5.41) is 0. The summed E-state index contributed by atoms with van der Waals surface area (Å²) in [7, 11) is 0. The Morgan fingerprint density at radius 1 is 1.67 bits per heavy atom. The number of allylic oxidation sites excluding steroid dienone is 1. The number of furan rings is 1. The Balaban J connectivity index is 2.70. The summed E-state index contributed by atoms with van der Waals surface area (Å²) in [5.41, 5.74) is 0.888. The molecule has 82 valence electrons. The molecule has 1 aromatic heterocycles. The molecule has 1 atom stereocenters. The Morgan fingerprint density at radius 2 is 2.40 bits per heavy atom. The Labute approximate surface area is 103 Å². The van der Waals surface area contributed by atoms with Gasteiger partial charge in [0.05, 0.1) is 12.5 Å². The minimum atomic E-state index is -0.277. The van der Waals surface area contributed by atoms with Crippen molar-refractivity contribution in [3.8, 4) is 0 Å². The summed E-state index contributed by atoms with van der Waals surface area (Å²) in [6.07, 6.45) is 5.64. The molecule has 15 heavy (non-hydrogen) atoms. The minimum Gasteiger partial charge on any atom is -0.472 e. The van der Waals surface area contributed by atoms with Crippen molar-refractivity contribution < 1.29 is 13.9 Å². The molecule has 3 nitrogen and oxygen atoms in total. The third-order valence-corrected chi connectivity index (χ3v) is 2.28. The van der Waals surface area contributed by atoms with E-state index < -0.39 is 0 Å². The van der Waals surface area contributed by atoms with Gasteiger partial charge in [-0.25, -0.2) is 0 Å². The SMILES string of the molecule is CC(=O)O[C@@H](C/C=C(\C)I)c1ccoc1. The van der Waals surface area contributed by atoms with Gasteiger partial charge in [-0.3, -0.25) is 4.79 Å². The molecule has 0 saturated carbocycles. The average Bonchev–Trinajstić information content (AvgIpc) is 2.63. The number of hydrogen-bond donors (Lipinski definition) is 0. The lowest BCUT2D eigenvalue weighted by Crippen LogP contribution is -2.06. The average molecular weight is 320 g/mol. The van der Waals surface area contributed by atoms with Gasteiger partial charge in [-0.1, -0.05) is 6.08 Å². The van der Waals surface area contributed by atoms with E-state index >= 15 is 0 Å². The zero-order chi connectivity index (χ0) is 11.3. The quantitative estimate of drug-likeness (QED) is 0.628. The second-order valence-corrected chi connectivity index (χ2v) is 4.88. The van der Waals surface area contributed by atoms with Gasteiger partial charge in [0.1, 0.15) is 6.10 Å². The van der Waals surface area contributed by atoms with E-state index in [4.69, 9.17) is 9.15 Å². The van der Waals surface area contributed by atoms with E-state index in [0.717, 1.165) is 5.56 Å². The van der Waals surface area contributed by atoms with Crippen LogP contribution in [0.2, 0.25) is 0 Å². The van der Waals surface area contributed by atoms with E-state index in [1.165, 1.54) is 10.5 Å². The zero-order valence-electron chi connectivity index (χ0n) is 8.70. The van der Waals surface area contributed by atoms with Crippen LogP contribution in [0.4, 0.5) is 0 Å². The van der Waals surface area contributed by atoms with E-state index in [-0.39, 0.29) is 12.1 Å². The highest BCUT2D eigenvalue weighted by atomic mass is 127. The fourth-order valence-electron chi connectivity index (χ4n) is 1.18. The topological polar surface area (TPSA) is 39.4 Å². The smallest absolute Gasteiger partial charge is 0.303 e. The van der Waals surface area contributed by atoms with E-state index in [2.05, 4.69) is 22.6 Å². The van der Waals surface area contributed by atoms with Crippen LogP contribution < -0.4 is 0 Å². The Hall–Kier alpha value is -0.780. The molecule has 1 aromatic rings. The first-order valence-corrected chi connectivity index (χ1v) is 5.69. The number of esters is 1. The van der Waals surface area contributed by atoms with Crippen molar-refractivity contribution in [3.05, 3.63) is 33.8 Å². The van der Waals surface area contributed by atoms with Crippen LogP contribution in [-0.4, -0.2) is 5.97 Å². The molecular formula is C11H13IO3. The standard InChI is InChI=1S/C11H13IO3/c1-8(12)3-4-11(15-9(2)13)10-5-6-14-7-10/h3,5-7,11H,4H2,1-2H3/b8-3+/t11-/m0/s1. The van der Waals surface area contributed by atoms with Crippen LogP contribution in [0.3, 0.4) is 0 Å². The first-order chi connectivity index (χ1) is 7.09. The molecule has 0 N–H and O–H groups in total. The van der Waals surface area contributed by atoms with E-state index in [1.807, 2.05) is 19.1 Å². The third-order valence-electron chi connectivity index (χ3n) is 1.84.